The summed E-state index contributed by atoms with van der Waals surface area (Å²) in [5.74, 6) is 0.722. The molecule has 0 aromatic heterocycles. The molecule has 0 atom stereocenters. The smallest absolute Gasteiger partial charge is 0.330 e. The van der Waals surface area contributed by atoms with Crippen molar-refractivity contribution < 1.29 is 14.6 Å². The summed E-state index contributed by atoms with van der Waals surface area (Å²) in [7, 11) is 0. The van der Waals surface area contributed by atoms with Gasteiger partial charge < -0.3 is 9.84 Å². The number of hydrogen-bond donors (Lipinski definition) is 1. The van der Waals surface area contributed by atoms with Gasteiger partial charge in [-0.15, -0.1) is 0 Å². The lowest BCUT2D eigenvalue weighted by molar-refractivity contribution is -0.132. The van der Waals surface area contributed by atoms with Crippen LogP contribution in [0.15, 0.2) is 34.3 Å². The standard InChI is InChI=1S/C18H23BrO3/c1-12(18(20)21)6-7-14-8-10-15(11-9-14)22-17-5-3-4-16(19)13(17)2/h3-6,14-15H,7-11H2,1-2H3,(H,20,21)/b12-6+. The van der Waals surface area contributed by atoms with Crippen molar-refractivity contribution in [3.05, 3.63) is 39.9 Å². The first-order valence-corrected chi connectivity index (χ1v) is 8.58. The third kappa shape index (κ3) is 4.60. The predicted octanol–water partition coefficient (Wildman–Crippen LogP) is 5.12. The number of hydrogen-bond acceptors (Lipinski definition) is 2. The summed E-state index contributed by atoms with van der Waals surface area (Å²) in [5, 5.41) is 8.87. The number of rotatable bonds is 5. The second kappa shape index (κ2) is 7.82. The molecule has 1 saturated carbocycles. The van der Waals surface area contributed by atoms with Crippen LogP contribution in [0.1, 0.15) is 44.6 Å². The molecule has 3 nitrogen and oxygen atoms in total. The minimum absolute atomic E-state index is 0.272. The van der Waals surface area contributed by atoms with Crippen LogP contribution in [0, 0.1) is 12.8 Å². The van der Waals surface area contributed by atoms with Gasteiger partial charge in [0, 0.05) is 15.6 Å². The highest BCUT2D eigenvalue weighted by Crippen LogP contribution is 2.32. The second-order valence-electron chi connectivity index (χ2n) is 6.05. The van der Waals surface area contributed by atoms with Crippen LogP contribution in [0.25, 0.3) is 0 Å². The molecule has 0 unspecified atom stereocenters. The van der Waals surface area contributed by atoms with Crippen molar-refractivity contribution in [2.24, 2.45) is 5.92 Å². The van der Waals surface area contributed by atoms with E-state index >= 15 is 0 Å². The molecule has 0 spiro atoms. The fourth-order valence-electron chi connectivity index (χ4n) is 2.81. The van der Waals surface area contributed by atoms with Gasteiger partial charge in [-0.05, 0) is 64.0 Å². The van der Waals surface area contributed by atoms with Gasteiger partial charge >= 0.3 is 5.97 Å². The summed E-state index contributed by atoms with van der Waals surface area (Å²) in [6, 6.07) is 6.04. The molecular weight excluding hydrogens is 344 g/mol. The maximum Gasteiger partial charge on any atom is 0.330 e. The van der Waals surface area contributed by atoms with E-state index in [0.29, 0.717) is 11.5 Å². The lowest BCUT2D eigenvalue weighted by Crippen LogP contribution is -2.24. The highest BCUT2D eigenvalue weighted by molar-refractivity contribution is 9.10. The molecule has 1 fully saturated rings. The van der Waals surface area contributed by atoms with Crippen molar-refractivity contribution in [2.75, 3.05) is 0 Å². The second-order valence-corrected chi connectivity index (χ2v) is 6.91. The van der Waals surface area contributed by atoms with Crippen LogP contribution in [-0.4, -0.2) is 17.2 Å². The SMILES string of the molecule is C/C(=C\CC1CCC(Oc2cccc(Br)c2C)CC1)C(=O)O. The molecule has 1 aromatic carbocycles. The largest absolute Gasteiger partial charge is 0.490 e. The average molecular weight is 367 g/mol. The van der Waals surface area contributed by atoms with E-state index in [1.54, 1.807) is 6.92 Å². The zero-order valence-corrected chi connectivity index (χ0v) is 14.7. The van der Waals surface area contributed by atoms with E-state index in [2.05, 4.69) is 22.9 Å². The number of carboxylic acid groups (broad SMARTS) is 1. The summed E-state index contributed by atoms with van der Waals surface area (Å²) in [6.07, 6.45) is 7.26. The van der Waals surface area contributed by atoms with Gasteiger partial charge in [0.05, 0.1) is 6.10 Å². The number of benzene rings is 1. The summed E-state index contributed by atoms with van der Waals surface area (Å²) < 4.78 is 7.22. The van der Waals surface area contributed by atoms with Crippen LogP contribution >= 0.6 is 15.9 Å². The molecule has 0 saturated heterocycles. The minimum atomic E-state index is -0.817. The first kappa shape index (κ1) is 17.1. The Morgan fingerprint density at radius 1 is 1.36 bits per heavy atom. The van der Waals surface area contributed by atoms with Crippen molar-refractivity contribution in [2.45, 2.75) is 52.1 Å². The van der Waals surface area contributed by atoms with Crippen LogP contribution in [0.4, 0.5) is 0 Å². The lowest BCUT2D eigenvalue weighted by atomic mass is 9.85. The number of carboxylic acids is 1. The van der Waals surface area contributed by atoms with E-state index in [9.17, 15) is 4.79 Å². The van der Waals surface area contributed by atoms with E-state index in [1.807, 2.05) is 24.3 Å². The topological polar surface area (TPSA) is 46.5 Å². The molecule has 0 amide bonds. The lowest BCUT2D eigenvalue weighted by Gasteiger charge is -2.29. The number of ether oxygens (including phenoxy) is 1. The number of carbonyl (C=O) groups is 1. The van der Waals surface area contributed by atoms with Crippen LogP contribution < -0.4 is 4.74 Å². The molecule has 0 radical (unpaired) electrons. The number of aliphatic carboxylic acids is 1. The molecular formula is C18H23BrO3. The minimum Gasteiger partial charge on any atom is -0.490 e. The maximum absolute atomic E-state index is 10.8. The van der Waals surface area contributed by atoms with Crippen molar-refractivity contribution in [1.29, 1.82) is 0 Å². The van der Waals surface area contributed by atoms with Crippen molar-refractivity contribution in [3.63, 3.8) is 0 Å². The molecule has 1 N–H and O–H groups in total. The zero-order chi connectivity index (χ0) is 16.1. The molecule has 1 aliphatic carbocycles. The average Bonchev–Trinajstić information content (AvgIpc) is 2.50. The van der Waals surface area contributed by atoms with E-state index in [0.717, 1.165) is 47.9 Å². The van der Waals surface area contributed by atoms with Gasteiger partial charge in [-0.3, -0.25) is 0 Å². The highest BCUT2D eigenvalue weighted by atomic mass is 79.9. The Morgan fingerprint density at radius 3 is 2.68 bits per heavy atom. The van der Waals surface area contributed by atoms with E-state index in [-0.39, 0.29) is 6.10 Å². The third-order valence-corrected chi connectivity index (χ3v) is 5.26. The molecule has 4 heteroatoms. The van der Waals surface area contributed by atoms with Gasteiger partial charge in [-0.25, -0.2) is 4.79 Å². The van der Waals surface area contributed by atoms with Crippen molar-refractivity contribution >= 4 is 21.9 Å². The fraction of sp³-hybridized carbons (Fsp3) is 0.500. The molecule has 2 rings (SSSR count). The van der Waals surface area contributed by atoms with Gasteiger partial charge in [0.15, 0.2) is 0 Å². The summed E-state index contributed by atoms with van der Waals surface area (Å²) in [4.78, 5) is 10.8. The molecule has 0 heterocycles. The molecule has 0 bridgehead atoms. The fourth-order valence-corrected chi connectivity index (χ4v) is 3.16. The molecule has 120 valence electrons. The summed E-state index contributed by atoms with van der Waals surface area (Å²) in [5.41, 5.74) is 1.59. The monoisotopic (exact) mass is 366 g/mol. The van der Waals surface area contributed by atoms with Gasteiger partial charge in [0.25, 0.3) is 0 Å². The van der Waals surface area contributed by atoms with Crippen LogP contribution in [-0.2, 0) is 4.79 Å². The van der Waals surface area contributed by atoms with Gasteiger partial charge in [0.1, 0.15) is 5.75 Å². The molecule has 22 heavy (non-hydrogen) atoms. The Hall–Kier alpha value is -1.29. The molecule has 0 aliphatic heterocycles. The summed E-state index contributed by atoms with van der Waals surface area (Å²) >= 11 is 3.53. The Labute approximate surface area is 140 Å². The Morgan fingerprint density at radius 2 is 2.05 bits per heavy atom. The van der Waals surface area contributed by atoms with Crippen molar-refractivity contribution in [3.8, 4) is 5.75 Å². The Bertz CT molecular complexity index is 557. The quantitative estimate of drug-likeness (QED) is 0.735. The zero-order valence-electron chi connectivity index (χ0n) is 13.1. The van der Waals surface area contributed by atoms with Crippen LogP contribution in [0.3, 0.4) is 0 Å². The van der Waals surface area contributed by atoms with Crippen LogP contribution in [0.2, 0.25) is 0 Å². The van der Waals surface area contributed by atoms with Gasteiger partial charge in [-0.2, -0.15) is 0 Å². The number of allylic oxidation sites excluding steroid dienone is 1. The first-order chi connectivity index (χ1) is 10.5. The predicted molar refractivity (Wildman–Crippen MR) is 91.3 cm³/mol. The highest BCUT2D eigenvalue weighted by Gasteiger charge is 2.22. The normalized spacial score (nSPS) is 22.4. The van der Waals surface area contributed by atoms with Crippen molar-refractivity contribution in [1.82, 2.24) is 0 Å². The molecule has 1 aliphatic rings. The Kier molecular flexibility index (Phi) is 6.07. The van der Waals surface area contributed by atoms with Gasteiger partial charge in [-0.1, -0.05) is 28.1 Å². The van der Waals surface area contributed by atoms with E-state index in [1.165, 1.54) is 0 Å². The Balaban J connectivity index is 1.84. The first-order valence-electron chi connectivity index (χ1n) is 7.79. The summed E-state index contributed by atoms with van der Waals surface area (Å²) in [6.45, 7) is 3.72. The molecule has 1 aromatic rings. The third-order valence-electron chi connectivity index (χ3n) is 4.40. The number of halogens is 1. The maximum atomic E-state index is 10.8. The van der Waals surface area contributed by atoms with Crippen LogP contribution in [0.5, 0.6) is 5.75 Å². The van der Waals surface area contributed by atoms with E-state index < -0.39 is 5.97 Å². The van der Waals surface area contributed by atoms with E-state index in [4.69, 9.17) is 9.84 Å². The van der Waals surface area contributed by atoms with Gasteiger partial charge in [0.2, 0.25) is 0 Å².